The Hall–Kier alpha value is -1.61. The number of ether oxygens (including phenoxy) is 1. The lowest BCUT2D eigenvalue weighted by Gasteiger charge is -2.13. The molecule has 0 aliphatic carbocycles. The molecular weight excluding hydrogens is 272 g/mol. The number of halogens is 1. The molecule has 0 saturated carbocycles. The number of rotatable bonds is 3. The van der Waals surface area contributed by atoms with Gasteiger partial charge in [-0.05, 0) is 32.4 Å². The van der Waals surface area contributed by atoms with Crippen molar-refractivity contribution in [2.24, 2.45) is 0 Å². The normalized spacial score (nSPS) is 10.9. The first-order chi connectivity index (χ1) is 9.38. The van der Waals surface area contributed by atoms with Gasteiger partial charge in [-0.15, -0.1) is 0 Å². The summed E-state index contributed by atoms with van der Waals surface area (Å²) in [6, 6.07) is 6.05. The fraction of sp³-hybridized carbons (Fsp3) is 0.375. The van der Waals surface area contributed by atoms with E-state index in [1.54, 1.807) is 0 Å². The molecule has 0 fully saturated rings. The van der Waals surface area contributed by atoms with Crippen LogP contribution < -0.4 is 4.74 Å². The molecule has 106 valence electrons. The summed E-state index contributed by atoms with van der Waals surface area (Å²) in [5.41, 5.74) is 3.04. The monoisotopic (exact) mass is 290 g/mol. The van der Waals surface area contributed by atoms with Crippen molar-refractivity contribution in [1.29, 1.82) is 0 Å². The Kier molecular flexibility index (Phi) is 4.29. The van der Waals surface area contributed by atoms with Gasteiger partial charge >= 0.3 is 0 Å². The van der Waals surface area contributed by atoms with Gasteiger partial charge in [0, 0.05) is 11.5 Å². The lowest BCUT2D eigenvalue weighted by molar-refractivity contribution is 0.449. The van der Waals surface area contributed by atoms with Crippen LogP contribution in [0.25, 0.3) is 0 Å². The molecule has 2 rings (SSSR count). The van der Waals surface area contributed by atoms with Crippen LogP contribution in [0.5, 0.6) is 11.6 Å². The molecule has 0 spiro atoms. The summed E-state index contributed by atoms with van der Waals surface area (Å²) in [6.45, 7) is 10.00. The third kappa shape index (κ3) is 3.10. The van der Waals surface area contributed by atoms with E-state index in [9.17, 15) is 0 Å². The van der Waals surface area contributed by atoms with E-state index in [1.165, 1.54) is 5.56 Å². The van der Waals surface area contributed by atoms with E-state index >= 15 is 0 Å². The van der Waals surface area contributed by atoms with Crippen molar-refractivity contribution >= 4 is 11.6 Å². The molecule has 0 bridgehead atoms. The second-order valence-corrected chi connectivity index (χ2v) is 5.69. The zero-order chi connectivity index (χ0) is 14.9. The lowest BCUT2D eigenvalue weighted by atomic mass is 10.1. The van der Waals surface area contributed by atoms with Gasteiger partial charge in [0.1, 0.15) is 16.7 Å². The van der Waals surface area contributed by atoms with Crippen LogP contribution in [0, 0.1) is 20.8 Å². The van der Waals surface area contributed by atoms with E-state index in [-0.39, 0.29) is 5.92 Å². The number of nitrogens with zero attached hydrogens (tertiary/aromatic N) is 2. The molecule has 20 heavy (non-hydrogen) atoms. The summed E-state index contributed by atoms with van der Waals surface area (Å²) in [6.07, 6.45) is 0. The number of hydrogen-bond donors (Lipinski definition) is 0. The SMILES string of the molecule is Cc1ccc(Oc2nc(C(C)C)nc(Cl)c2C)c(C)c1. The van der Waals surface area contributed by atoms with Crippen molar-refractivity contribution in [2.75, 3.05) is 0 Å². The third-order valence-electron chi connectivity index (χ3n) is 3.11. The zero-order valence-corrected chi connectivity index (χ0v) is 13.2. The molecule has 1 aromatic heterocycles. The minimum Gasteiger partial charge on any atom is -0.438 e. The number of benzene rings is 1. The average molecular weight is 291 g/mol. The number of hydrogen-bond acceptors (Lipinski definition) is 3. The van der Waals surface area contributed by atoms with Gasteiger partial charge in [0.05, 0.1) is 0 Å². The van der Waals surface area contributed by atoms with Crippen LogP contribution in [0.1, 0.15) is 42.3 Å². The molecule has 0 radical (unpaired) electrons. The largest absolute Gasteiger partial charge is 0.438 e. The predicted octanol–water partition coefficient (Wildman–Crippen LogP) is 4.97. The molecule has 0 aliphatic rings. The molecule has 0 aliphatic heterocycles. The van der Waals surface area contributed by atoms with Gasteiger partial charge in [-0.25, -0.2) is 4.98 Å². The summed E-state index contributed by atoms with van der Waals surface area (Å²) in [5.74, 6) is 2.22. The predicted molar refractivity (Wildman–Crippen MR) is 81.9 cm³/mol. The van der Waals surface area contributed by atoms with Crippen LogP contribution in [-0.2, 0) is 0 Å². The summed E-state index contributed by atoms with van der Waals surface area (Å²) in [4.78, 5) is 8.76. The highest BCUT2D eigenvalue weighted by atomic mass is 35.5. The maximum absolute atomic E-state index is 6.16. The van der Waals surface area contributed by atoms with E-state index < -0.39 is 0 Å². The van der Waals surface area contributed by atoms with Gasteiger partial charge < -0.3 is 4.74 Å². The Morgan fingerprint density at radius 1 is 1.10 bits per heavy atom. The molecule has 0 atom stereocenters. The summed E-state index contributed by atoms with van der Waals surface area (Å²) in [7, 11) is 0. The lowest BCUT2D eigenvalue weighted by Crippen LogP contribution is -2.03. The van der Waals surface area contributed by atoms with Crippen LogP contribution in [0.4, 0.5) is 0 Å². The maximum atomic E-state index is 6.16. The van der Waals surface area contributed by atoms with E-state index in [1.807, 2.05) is 39.8 Å². The quantitative estimate of drug-likeness (QED) is 0.749. The van der Waals surface area contributed by atoms with Crippen LogP contribution in [-0.4, -0.2) is 9.97 Å². The first-order valence-electron chi connectivity index (χ1n) is 6.67. The molecule has 0 saturated heterocycles. The fourth-order valence-corrected chi connectivity index (χ4v) is 2.03. The van der Waals surface area contributed by atoms with Gasteiger partial charge in [0.25, 0.3) is 0 Å². The van der Waals surface area contributed by atoms with Gasteiger partial charge in [-0.3, -0.25) is 0 Å². The molecule has 0 N–H and O–H groups in total. The molecular formula is C16H19ClN2O. The summed E-state index contributed by atoms with van der Waals surface area (Å²) in [5, 5.41) is 0.448. The van der Waals surface area contributed by atoms with Crippen molar-refractivity contribution in [3.63, 3.8) is 0 Å². The highest BCUT2D eigenvalue weighted by Crippen LogP contribution is 2.30. The standard InChI is InChI=1S/C16H19ClN2O/c1-9(2)15-18-14(17)12(5)16(19-15)20-13-7-6-10(3)8-11(13)4/h6-9H,1-5H3. The van der Waals surface area contributed by atoms with Crippen LogP contribution >= 0.6 is 11.6 Å². The smallest absolute Gasteiger partial charge is 0.227 e. The Balaban J connectivity index is 2.42. The van der Waals surface area contributed by atoms with E-state index in [0.29, 0.717) is 16.9 Å². The van der Waals surface area contributed by atoms with Gasteiger partial charge in [0.2, 0.25) is 5.88 Å². The molecule has 0 unspecified atom stereocenters. The molecule has 4 heteroatoms. The van der Waals surface area contributed by atoms with E-state index in [2.05, 4.69) is 23.0 Å². The van der Waals surface area contributed by atoms with Crippen LogP contribution in [0.2, 0.25) is 5.15 Å². The van der Waals surface area contributed by atoms with Crippen LogP contribution in [0.15, 0.2) is 18.2 Å². The zero-order valence-electron chi connectivity index (χ0n) is 12.5. The Bertz CT molecular complexity index is 639. The molecule has 0 amide bonds. The summed E-state index contributed by atoms with van der Waals surface area (Å²) < 4.78 is 5.93. The average Bonchev–Trinajstić information content (AvgIpc) is 2.37. The fourth-order valence-electron chi connectivity index (χ4n) is 1.86. The van der Waals surface area contributed by atoms with E-state index in [0.717, 1.165) is 16.9 Å². The Morgan fingerprint density at radius 3 is 2.40 bits per heavy atom. The van der Waals surface area contributed by atoms with E-state index in [4.69, 9.17) is 16.3 Å². The second-order valence-electron chi connectivity index (χ2n) is 5.33. The number of aryl methyl sites for hydroxylation is 2. The van der Waals surface area contributed by atoms with Gasteiger partial charge in [-0.2, -0.15) is 4.98 Å². The van der Waals surface area contributed by atoms with Gasteiger partial charge in [-0.1, -0.05) is 43.1 Å². The molecule has 1 heterocycles. The van der Waals surface area contributed by atoms with Crippen LogP contribution in [0.3, 0.4) is 0 Å². The maximum Gasteiger partial charge on any atom is 0.227 e. The van der Waals surface area contributed by atoms with Gasteiger partial charge in [0.15, 0.2) is 0 Å². The highest BCUT2D eigenvalue weighted by molar-refractivity contribution is 6.30. The van der Waals surface area contributed by atoms with Crippen molar-refractivity contribution in [2.45, 2.75) is 40.5 Å². The van der Waals surface area contributed by atoms with Crippen molar-refractivity contribution in [1.82, 2.24) is 9.97 Å². The Morgan fingerprint density at radius 2 is 1.80 bits per heavy atom. The second kappa shape index (κ2) is 5.80. The minimum atomic E-state index is 0.203. The first kappa shape index (κ1) is 14.8. The molecule has 3 nitrogen and oxygen atoms in total. The highest BCUT2D eigenvalue weighted by Gasteiger charge is 2.14. The van der Waals surface area contributed by atoms with Crippen molar-refractivity contribution in [3.8, 4) is 11.6 Å². The molecule has 2 aromatic rings. The summed E-state index contributed by atoms with van der Waals surface area (Å²) >= 11 is 6.16. The van der Waals surface area contributed by atoms with Crippen molar-refractivity contribution in [3.05, 3.63) is 45.9 Å². The number of aromatic nitrogens is 2. The Labute approximate surface area is 125 Å². The first-order valence-corrected chi connectivity index (χ1v) is 7.05. The topological polar surface area (TPSA) is 35.0 Å². The minimum absolute atomic E-state index is 0.203. The van der Waals surface area contributed by atoms with Crippen molar-refractivity contribution < 1.29 is 4.74 Å². The third-order valence-corrected chi connectivity index (χ3v) is 3.48. The molecule has 1 aromatic carbocycles.